The lowest BCUT2D eigenvalue weighted by atomic mass is 10.0. The van der Waals surface area contributed by atoms with Crippen molar-refractivity contribution in [2.45, 2.75) is 19.9 Å². The standard InChI is InChI=1S/C14H14FNO4/c1-8-11(7-13(18)19)14(20)10-3-2-9(15)6-12(10)16(8)4-5-17/h2-3,6,17H,4-5,7H2,1H3,(H,18,19). The van der Waals surface area contributed by atoms with Gasteiger partial charge in [0.2, 0.25) is 0 Å². The molecule has 6 heteroatoms. The van der Waals surface area contributed by atoms with E-state index in [1.807, 2.05) is 0 Å². The van der Waals surface area contributed by atoms with Crippen LogP contribution in [0.15, 0.2) is 23.0 Å². The number of nitrogens with zero attached hydrogens (tertiary/aromatic N) is 1. The summed E-state index contributed by atoms with van der Waals surface area (Å²) < 4.78 is 14.9. The Morgan fingerprint density at radius 1 is 1.40 bits per heavy atom. The third-order valence-corrected chi connectivity index (χ3v) is 3.26. The fourth-order valence-corrected chi connectivity index (χ4v) is 2.34. The smallest absolute Gasteiger partial charge is 0.308 e. The van der Waals surface area contributed by atoms with Gasteiger partial charge in [0.25, 0.3) is 0 Å². The van der Waals surface area contributed by atoms with E-state index in [1.54, 1.807) is 11.5 Å². The molecule has 0 aliphatic heterocycles. The second kappa shape index (κ2) is 5.42. The summed E-state index contributed by atoms with van der Waals surface area (Å²) in [6, 6.07) is 3.71. The zero-order valence-corrected chi connectivity index (χ0v) is 10.9. The SMILES string of the molecule is Cc1c(CC(=O)O)c(=O)c2ccc(F)cc2n1CCO. The molecule has 0 amide bonds. The monoisotopic (exact) mass is 279 g/mol. The van der Waals surface area contributed by atoms with Crippen LogP contribution in [0.25, 0.3) is 10.9 Å². The van der Waals surface area contributed by atoms with Crippen molar-refractivity contribution in [1.29, 1.82) is 0 Å². The van der Waals surface area contributed by atoms with E-state index in [0.717, 1.165) is 6.07 Å². The van der Waals surface area contributed by atoms with Gasteiger partial charge in [-0.15, -0.1) is 0 Å². The molecule has 0 saturated heterocycles. The minimum atomic E-state index is -1.11. The van der Waals surface area contributed by atoms with Gasteiger partial charge >= 0.3 is 5.97 Å². The quantitative estimate of drug-likeness (QED) is 0.877. The highest BCUT2D eigenvalue weighted by atomic mass is 19.1. The summed E-state index contributed by atoms with van der Waals surface area (Å²) in [5.74, 6) is -1.60. The number of halogens is 1. The van der Waals surface area contributed by atoms with E-state index < -0.39 is 23.6 Å². The second-order valence-electron chi connectivity index (χ2n) is 4.50. The van der Waals surface area contributed by atoms with Gasteiger partial charge in [0.05, 0.1) is 18.5 Å². The van der Waals surface area contributed by atoms with E-state index in [2.05, 4.69) is 0 Å². The van der Waals surface area contributed by atoms with Crippen LogP contribution in [0.2, 0.25) is 0 Å². The molecule has 0 aliphatic carbocycles. The Balaban J connectivity index is 2.86. The summed E-state index contributed by atoms with van der Waals surface area (Å²) >= 11 is 0. The number of hydrogen-bond acceptors (Lipinski definition) is 3. The molecular formula is C14H14FNO4. The molecule has 0 aliphatic rings. The predicted octanol–water partition coefficient (Wildman–Crippen LogP) is 1.07. The number of hydrogen-bond donors (Lipinski definition) is 2. The maximum atomic E-state index is 13.4. The summed E-state index contributed by atoms with van der Waals surface area (Å²) in [4.78, 5) is 23.2. The average Bonchev–Trinajstić information content (AvgIpc) is 2.39. The highest BCUT2D eigenvalue weighted by Gasteiger charge is 2.16. The Kier molecular flexibility index (Phi) is 3.85. The first-order valence-corrected chi connectivity index (χ1v) is 6.10. The Morgan fingerprint density at radius 3 is 2.70 bits per heavy atom. The van der Waals surface area contributed by atoms with Crippen molar-refractivity contribution in [3.63, 3.8) is 0 Å². The third-order valence-electron chi connectivity index (χ3n) is 3.26. The summed E-state index contributed by atoms with van der Waals surface area (Å²) in [5.41, 5.74) is 0.541. The van der Waals surface area contributed by atoms with Crippen molar-refractivity contribution in [2.24, 2.45) is 0 Å². The van der Waals surface area contributed by atoms with Crippen LogP contribution in [-0.2, 0) is 17.8 Å². The number of fused-ring (bicyclic) bond motifs is 1. The normalized spacial score (nSPS) is 10.9. The molecule has 1 aromatic carbocycles. The molecule has 2 aromatic rings. The van der Waals surface area contributed by atoms with Crippen LogP contribution in [-0.4, -0.2) is 27.4 Å². The minimum absolute atomic E-state index is 0.157. The molecule has 2 N–H and O–H groups in total. The van der Waals surface area contributed by atoms with Crippen molar-refractivity contribution < 1.29 is 19.4 Å². The Labute approximate surface area is 113 Å². The summed E-state index contributed by atoms with van der Waals surface area (Å²) in [5, 5.41) is 18.3. The zero-order chi connectivity index (χ0) is 14.9. The lowest BCUT2D eigenvalue weighted by Crippen LogP contribution is -2.22. The van der Waals surface area contributed by atoms with Gasteiger partial charge in [0.15, 0.2) is 5.43 Å². The maximum absolute atomic E-state index is 13.4. The molecule has 0 saturated carbocycles. The summed E-state index contributed by atoms with van der Waals surface area (Å²) in [6.07, 6.45) is -0.399. The zero-order valence-electron chi connectivity index (χ0n) is 10.9. The van der Waals surface area contributed by atoms with E-state index in [1.165, 1.54) is 12.1 Å². The van der Waals surface area contributed by atoms with Crippen LogP contribution in [0.1, 0.15) is 11.3 Å². The van der Waals surface area contributed by atoms with Crippen LogP contribution in [0.4, 0.5) is 4.39 Å². The molecule has 2 rings (SSSR count). The first-order chi connectivity index (χ1) is 9.45. The van der Waals surface area contributed by atoms with Crippen molar-refractivity contribution >= 4 is 16.9 Å². The van der Waals surface area contributed by atoms with Crippen LogP contribution in [0.5, 0.6) is 0 Å². The molecule has 20 heavy (non-hydrogen) atoms. The van der Waals surface area contributed by atoms with Gasteiger partial charge < -0.3 is 14.8 Å². The Hall–Kier alpha value is -2.21. The van der Waals surface area contributed by atoms with E-state index in [0.29, 0.717) is 11.2 Å². The number of benzene rings is 1. The van der Waals surface area contributed by atoms with Gasteiger partial charge in [0, 0.05) is 23.2 Å². The lowest BCUT2D eigenvalue weighted by molar-refractivity contribution is -0.136. The number of aliphatic hydroxyl groups excluding tert-OH is 1. The molecule has 0 bridgehead atoms. The first kappa shape index (κ1) is 14.2. The van der Waals surface area contributed by atoms with Gasteiger partial charge in [-0.3, -0.25) is 9.59 Å². The Morgan fingerprint density at radius 2 is 2.10 bits per heavy atom. The van der Waals surface area contributed by atoms with E-state index in [-0.39, 0.29) is 24.1 Å². The van der Waals surface area contributed by atoms with Crippen LogP contribution < -0.4 is 5.43 Å². The van der Waals surface area contributed by atoms with Crippen molar-refractivity contribution in [3.8, 4) is 0 Å². The minimum Gasteiger partial charge on any atom is -0.481 e. The van der Waals surface area contributed by atoms with Crippen molar-refractivity contribution in [2.75, 3.05) is 6.61 Å². The number of rotatable bonds is 4. The predicted molar refractivity (Wildman–Crippen MR) is 71.3 cm³/mol. The molecule has 106 valence electrons. The lowest BCUT2D eigenvalue weighted by Gasteiger charge is -2.16. The number of carboxylic acid groups (broad SMARTS) is 1. The van der Waals surface area contributed by atoms with Gasteiger partial charge in [-0.25, -0.2) is 4.39 Å². The number of pyridine rings is 1. The van der Waals surface area contributed by atoms with Crippen molar-refractivity contribution in [1.82, 2.24) is 4.57 Å². The van der Waals surface area contributed by atoms with Crippen molar-refractivity contribution in [3.05, 3.63) is 45.5 Å². The highest BCUT2D eigenvalue weighted by Crippen LogP contribution is 2.18. The molecular weight excluding hydrogens is 265 g/mol. The van der Waals surface area contributed by atoms with E-state index in [4.69, 9.17) is 10.2 Å². The van der Waals surface area contributed by atoms with Gasteiger partial charge in [-0.05, 0) is 25.1 Å². The molecule has 0 radical (unpaired) electrons. The highest BCUT2D eigenvalue weighted by molar-refractivity contribution is 5.82. The second-order valence-corrected chi connectivity index (χ2v) is 4.50. The molecule has 1 heterocycles. The largest absolute Gasteiger partial charge is 0.481 e. The topological polar surface area (TPSA) is 79.5 Å². The summed E-state index contributed by atoms with van der Waals surface area (Å²) in [6.45, 7) is 1.57. The van der Waals surface area contributed by atoms with Gasteiger partial charge in [-0.1, -0.05) is 0 Å². The fourth-order valence-electron chi connectivity index (χ4n) is 2.34. The van der Waals surface area contributed by atoms with Crippen LogP contribution >= 0.6 is 0 Å². The average molecular weight is 279 g/mol. The fraction of sp³-hybridized carbons (Fsp3) is 0.286. The number of aromatic nitrogens is 1. The molecule has 0 atom stereocenters. The third kappa shape index (κ3) is 2.42. The van der Waals surface area contributed by atoms with E-state index in [9.17, 15) is 14.0 Å². The summed E-state index contributed by atoms with van der Waals surface area (Å²) in [7, 11) is 0. The molecule has 0 spiro atoms. The molecule has 0 unspecified atom stereocenters. The number of carboxylic acids is 1. The van der Waals surface area contributed by atoms with Crippen LogP contribution in [0, 0.1) is 12.7 Å². The molecule has 5 nitrogen and oxygen atoms in total. The molecule has 0 fully saturated rings. The first-order valence-electron chi connectivity index (χ1n) is 6.10. The van der Waals surface area contributed by atoms with Crippen LogP contribution in [0.3, 0.4) is 0 Å². The number of aliphatic hydroxyl groups is 1. The van der Waals surface area contributed by atoms with Gasteiger partial charge in [-0.2, -0.15) is 0 Å². The Bertz CT molecular complexity index is 736. The maximum Gasteiger partial charge on any atom is 0.308 e. The number of aliphatic carboxylic acids is 1. The number of carbonyl (C=O) groups is 1. The van der Waals surface area contributed by atoms with E-state index >= 15 is 0 Å². The molecule has 1 aromatic heterocycles. The van der Waals surface area contributed by atoms with Gasteiger partial charge in [0.1, 0.15) is 5.82 Å².